The zero-order chi connectivity index (χ0) is 43.8. The maximum absolute atomic E-state index is 13.6. The Balaban J connectivity index is 1.41. The van der Waals surface area contributed by atoms with Crippen molar-refractivity contribution in [2.75, 3.05) is 13.2 Å². The van der Waals surface area contributed by atoms with Gasteiger partial charge in [-0.2, -0.15) is 0 Å². The first-order valence-electron chi connectivity index (χ1n) is 17.6. The van der Waals surface area contributed by atoms with Crippen LogP contribution in [0.15, 0.2) is 30.3 Å². The Kier molecular flexibility index (Phi) is 13.2. The van der Waals surface area contributed by atoms with Crippen LogP contribution in [-0.4, -0.2) is 158 Å². The van der Waals surface area contributed by atoms with Gasteiger partial charge in [0.2, 0.25) is 6.29 Å². The van der Waals surface area contributed by atoms with Gasteiger partial charge in [-0.25, -0.2) is 9.59 Å². The molecule has 22 nitrogen and oxygen atoms in total. The SMILES string of the molecule is CC(C)CC(=O)c1c(O[C@@H]2O[C@H](COC(=O)c3cc(O)c(O)c(O)c3)[C@@H](O)[C@H](O)[C@H]2O)cc(O)c([C@@H]2O[C@H](COC(=O)c3cc(O)c(O)c(O)c3)[C@@H](O)[C@H](O)[C@H]2O)c1O. The molecule has 0 aliphatic carbocycles. The van der Waals surface area contributed by atoms with Crippen LogP contribution in [0.3, 0.4) is 0 Å². The predicted molar refractivity (Wildman–Crippen MR) is 190 cm³/mol. The van der Waals surface area contributed by atoms with Crippen molar-refractivity contribution >= 4 is 17.7 Å². The molecule has 59 heavy (non-hydrogen) atoms. The molecule has 0 unspecified atom stereocenters. The molecule has 5 rings (SSSR count). The number of esters is 2. The fourth-order valence-electron chi connectivity index (χ4n) is 6.29. The molecule has 22 heteroatoms. The van der Waals surface area contributed by atoms with Gasteiger partial charge in [-0.3, -0.25) is 4.79 Å². The number of hydrogen-bond acceptors (Lipinski definition) is 22. The van der Waals surface area contributed by atoms with E-state index in [0.29, 0.717) is 0 Å². The van der Waals surface area contributed by atoms with Gasteiger partial charge >= 0.3 is 11.9 Å². The van der Waals surface area contributed by atoms with Gasteiger partial charge in [0.25, 0.3) is 0 Å². The zero-order valence-corrected chi connectivity index (χ0v) is 30.9. The number of carbonyl (C=O) groups excluding carboxylic acids is 3. The summed E-state index contributed by atoms with van der Waals surface area (Å²) >= 11 is 0. The molecule has 2 aliphatic heterocycles. The summed E-state index contributed by atoms with van der Waals surface area (Å²) in [7, 11) is 0. The van der Waals surface area contributed by atoms with E-state index in [1.165, 1.54) is 0 Å². The lowest BCUT2D eigenvalue weighted by Crippen LogP contribution is -2.60. The molecule has 0 bridgehead atoms. The van der Waals surface area contributed by atoms with Crippen molar-refractivity contribution in [3.8, 4) is 51.7 Å². The Morgan fingerprint density at radius 2 is 1.02 bits per heavy atom. The standard InChI is InChI=1S/C37H42O22/c1-11(2)3-14(38)23-20(58-37-33(52)31(50)28(47)22(59-37)10-56-36(54)13-6-18(42)26(45)19(43)7-13)8-15(39)24(29(23)48)34-32(51)30(49)27(46)21(57-34)9-55-35(53)12-4-16(40)25(44)17(41)5-12/h4-8,11,21-22,27-28,30-34,37,39-52H,3,9-10H2,1-2H3/t21-,22-,27-,28-,30+,31+,32-,33-,34+,37-/m1/s1. The predicted octanol–water partition coefficient (Wildman–Crippen LogP) is -1.02. The lowest BCUT2D eigenvalue weighted by atomic mass is 9.88. The number of aliphatic hydroxyl groups excluding tert-OH is 6. The molecule has 2 fully saturated rings. The topological polar surface area (TPSA) is 381 Å². The smallest absolute Gasteiger partial charge is 0.338 e. The molecule has 322 valence electrons. The molecule has 3 aromatic carbocycles. The minimum atomic E-state index is -2.13. The molecule has 0 saturated carbocycles. The molecule has 10 atom stereocenters. The number of phenols is 8. The first-order chi connectivity index (χ1) is 27.6. The number of rotatable bonds is 12. The molecule has 0 spiro atoms. The average Bonchev–Trinajstić information content (AvgIpc) is 3.17. The third-order valence-electron chi connectivity index (χ3n) is 9.43. The Hall–Kier alpha value is -5.85. The molecular formula is C37H42O22. The van der Waals surface area contributed by atoms with Gasteiger partial charge < -0.3 is 95.2 Å². The largest absolute Gasteiger partial charge is 0.507 e. The maximum Gasteiger partial charge on any atom is 0.338 e. The summed E-state index contributed by atoms with van der Waals surface area (Å²) in [6.07, 6.45) is -20.0. The summed E-state index contributed by atoms with van der Waals surface area (Å²) in [6.45, 7) is 1.52. The van der Waals surface area contributed by atoms with Gasteiger partial charge in [0.15, 0.2) is 40.3 Å². The Bertz CT molecular complexity index is 2020. The van der Waals surface area contributed by atoms with Crippen molar-refractivity contribution in [3.05, 3.63) is 52.6 Å². The molecule has 0 radical (unpaired) electrons. The van der Waals surface area contributed by atoms with E-state index in [9.17, 15) is 85.9 Å². The highest BCUT2D eigenvalue weighted by Gasteiger charge is 2.49. The number of aromatic hydroxyl groups is 8. The zero-order valence-electron chi connectivity index (χ0n) is 30.9. The number of carbonyl (C=O) groups is 3. The normalized spacial score (nSPS) is 26.9. The van der Waals surface area contributed by atoms with E-state index in [0.717, 1.165) is 30.3 Å². The van der Waals surface area contributed by atoms with E-state index >= 15 is 0 Å². The van der Waals surface area contributed by atoms with Crippen LogP contribution in [0.5, 0.6) is 51.7 Å². The van der Waals surface area contributed by atoms with Crippen molar-refractivity contribution in [1.82, 2.24) is 0 Å². The molecular weight excluding hydrogens is 796 g/mol. The summed E-state index contributed by atoms with van der Waals surface area (Å²) in [6, 6.07) is 3.74. The van der Waals surface area contributed by atoms with Gasteiger partial charge in [-0.1, -0.05) is 13.8 Å². The Labute approximate surface area is 332 Å². The van der Waals surface area contributed by atoms with Crippen molar-refractivity contribution in [2.24, 2.45) is 5.92 Å². The van der Waals surface area contributed by atoms with Gasteiger partial charge in [0.05, 0.1) is 16.7 Å². The van der Waals surface area contributed by atoms with Crippen molar-refractivity contribution in [3.63, 3.8) is 0 Å². The second-order valence-corrected chi connectivity index (χ2v) is 14.2. The first kappa shape index (κ1) is 44.3. The van der Waals surface area contributed by atoms with Crippen LogP contribution in [0, 0.1) is 5.92 Å². The van der Waals surface area contributed by atoms with Crippen LogP contribution in [0.4, 0.5) is 0 Å². The van der Waals surface area contributed by atoms with Crippen LogP contribution < -0.4 is 4.74 Å². The van der Waals surface area contributed by atoms with Crippen molar-refractivity contribution < 1.29 is 110 Å². The summed E-state index contributed by atoms with van der Waals surface area (Å²) in [5, 5.41) is 145. The molecule has 2 heterocycles. The fourth-order valence-corrected chi connectivity index (χ4v) is 6.29. The second kappa shape index (κ2) is 17.6. The van der Waals surface area contributed by atoms with E-state index in [2.05, 4.69) is 0 Å². The summed E-state index contributed by atoms with van der Waals surface area (Å²) in [4.78, 5) is 38.9. The summed E-state index contributed by atoms with van der Waals surface area (Å²) in [5.74, 6) is -11.7. The van der Waals surface area contributed by atoms with Crippen LogP contribution in [-0.2, 0) is 18.9 Å². The Morgan fingerprint density at radius 3 is 1.47 bits per heavy atom. The Morgan fingerprint density at radius 1 is 0.576 bits per heavy atom. The lowest BCUT2D eigenvalue weighted by Gasteiger charge is -2.41. The highest BCUT2D eigenvalue weighted by molar-refractivity contribution is 6.02. The van der Waals surface area contributed by atoms with E-state index in [-0.39, 0.29) is 12.3 Å². The van der Waals surface area contributed by atoms with E-state index < -0.39 is 166 Å². The third-order valence-corrected chi connectivity index (χ3v) is 9.43. The number of Topliss-reactive ketones (excluding diaryl/α,β-unsaturated/α-hetero) is 1. The van der Waals surface area contributed by atoms with Crippen LogP contribution in [0.25, 0.3) is 0 Å². The number of phenolic OH excluding ortho intramolecular Hbond substituents is 8. The van der Waals surface area contributed by atoms with E-state index in [4.69, 9.17) is 23.7 Å². The molecule has 0 aromatic heterocycles. The van der Waals surface area contributed by atoms with Gasteiger partial charge in [-0.15, -0.1) is 0 Å². The van der Waals surface area contributed by atoms with Gasteiger partial charge in [0.1, 0.15) is 91.0 Å². The van der Waals surface area contributed by atoms with Gasteiger partial charge in [0, 0.05) is 12.5 Å². The minimum absolute atomic E-state index is 0.291. The number of benzene rings is 3. The first-order valence-corrected chi connectivity index (χ1v) is 17.6. The van der Waals surface area contributed by atoms with Crippen LogP contribution in [0.1, 0.15) is 63.0 Å². The second-order valence-electron chi connectivity index (χ2n) is 14.2. The van der Waals surface area contributed by atoms with Crippen LogP contribution >= 0.6 is 0 Å². The van der Waals surface area contributed by atoms with Crippen LogP contribution in [0.2, 0.25) is 0 Å². The average molecular weight is 839 g/mol. The fraction of sp³-hybridized carbons (Fsp3) is 0.432. The highest BCUT2D eigenvalue weighted by Crippen LogP contribution is 2.47. The van der Waals surface area contributed by atoms with Crippen molar-refractivity contribution in [2.45, 2.75) is 81.5 Å². The van der Waals surface area contributed by atoms with Crippen molar-refractivity contribution in [1.29, 1.82) is 0 Å². The maximum atomic E-state index is 13.6. The highest BCUT2D eigenvalue weighted by atomic mass is 16.7. The summed E-state index contributed by atoms with van der Waals surface area (Å²) < 4.78 is 27.1. The van der Waals surface area contributed by atoms with E-state index in [1.54, 1.807) is 13.8 Å². The number of hydrogen-bond donors (Lipinski definition) is 14. The number of aliphatic hydroxyl groups is 6. The molecule has 0 amide bonds. The lowest BCUT2D eigenvalue weighted by molar-refractivity contribution is -0.277. The van der Waals surface area contributed by atoms with Gasteiger partial charge in [-0.05, 0) is 30.2 Å². The summed E-state index contributed by atoms with van der Waals surface area (Å²) in [5.41, 5.74) is -2.35. The minimum Gasteiger partial charge on any atom is -0.507 e. The third kappa shape index (κ3) is 9.09. The monoisotopic (exact) mass is 838 g/mol. The molecule has 14 N–H and O–H groups in total. The number of ketones is 1. The molecule has 2 aliphatic rings. The van der Waals surface area contributed by atoms with E-state index in [1.807, 2.05) is 0 Å². The number of ether oxygens (including phenoxy) is 5. The quantitative estimate of drug-likeness (QED) is 0.0590. The molecule has 3 aromatic rings. The molecule has 2 saturated heterocycles.